The molecule has 0 radical (unpaired) electrons. The van der Waals surface area contributed by atoms with Crippen LogP contribution in [0.1, 0.15) is 29.4 Å². The predicted octanol–water partition coefficient (Wildman–Crippen LogP) is 3.58. The van der Waals surface area contributed by atoms with E-state index in [2.05, 4.69) is 27.0 Å². The first kappa shape index (κ1) is 21.9. The summed E-state index contributed by atoms with van der Waals surface area (Å²) in [7, 11) is 0. The summed E-state index contributed by atoms with van der Waals surface area (Å²) in [5.74, 6) is 1.67. The fourth-order valence-electron chi connectivity index (χ4n) is 5.16. The van der Waals surface area contributed by atoms with Gasteiger partial charge in [-0.15, -0.1) is 11.3 Å². The van der Waals surface area contributed by atoms with E-state index in [-0.39, 0.29) is 0 Å². The lowest BCUT2D eigenvalue weighted by Crippen LogP contribution is -2.46. The molecule has 3 N–H and O–H groups in total. The zero-order valence-electron chi connectivity index (χ0n) is 19.6. The zero-order valence-corrected chi connectivity index (χ0v) is 20.4. The van der Waals surface area contributed by atoms with Gasteiger partial charge < -0.3 is 16.0 Å². The fourth-order valence-corrected chi connectivity index (χ4v) is 6.12. The first-order valence-corrected chi connectivity index (χ1v) is 12.6. The van der Waals surface area contributed by atoms with Gasteiger partial charge in [0.2, 0.25) is 11.9 Å². The Morgan fingerprint density at radius 1 is 1.14 bits per heavy atom. The van der Waals surface area contributed by atoms with Crippen molar-refractivity contribution in [2.24, 2.45) is 5.73 Å². The zero-order chi connectivity index (χ0) is 24.1. The number of fused-ring (bicyclic) bond motifs is 3. The minimum atomic E-state index is -0.469. The average Bonchev–Trinajstić information content (AvgIpc) is 3.57. The van der Waals surface area contributed by atoms with Crippen LogP contribution in [-0.4, -0.2) is 62.5 Å². The number of aryl methyl sites for hydroxylation is 1. The molecule has 0 saturated carbocycles. The number of nitrogens with two attached hydrogens (primary N) is 1. The van der Waals surface area contributed by atoms with E-state index in [1.54, 1.807) is 18.3 Å². The highest BCUT2D eigenvalue weighted by molar-refractivity contribution is 7.21. The monoisotopic (exact) mass is 486 g/mol. The third-order valence-electron chi connectivity index (χ3n) is 6.81. The van der Waals surface area contributed by atoms with Crippen molar-refractivity contribution in [1.82, 2.24) is 24.8 Å². The molecule has 2 bridgehead atoms. The highest BCUT2D eigenvalue weighted by Crippen LogP contribution is 2.35. The molecule has 10 heteroatoms. The predicted molar refractivity (Wildman–Crippen MR) is 138 cm³/mol. The molecule has 2 aliphatic heterocycles. The van der Waals surface area contributed by atoms with Gasteiger partial charge in [0, 0.05) is 60.3 Å². The van der Waals surface area contributed by atoms with Crippen LogP contribution in [-0.2, 0) is 0 Å². The third kappa shape index (κ3) is 3.98. The van der Waals surface area contributed by atoms with E-state index in [1.165, 1.54) is 17.8 Å². The number of primary amides is 1. The molecule has 9 nitrogen and oxygen atoms in total. The number of pyridine rings is 1. The number of amides is 1. The maximum absolute atomic E-state index is 11.9. The summed E-state index contributed by atoms with van der Waals surface area (Å²) >= 11 is 1.48. The molecule has 2 aliphatic rings. The Labute approximate surface area is 207 Å². The van der Waals surface area contributed by atoms with E-state index in [0.717, 1.165) is 52.1 Å². The highest BCUT2D eigenvalue weighted by atomic mass is 32.1. The van der Waals surface area contributed by atoms with Crippen LogP contribution in [0.25, 0.3) is 20.8 Å². The second-order valence-electron chi connectivity index (χ2n) is 9.07. The van der Waals surface area contributed by atoms with Gasteiger partial charge >= 0.3 is 0 Å². The van der Waals surface area contributed by atoms with Crippen LogP contribution in [0.2, 0.25) is 0 Å². The number of likely N-dealkylation sites (tertiary alicyclic amines) is 1. The Morgan fingerprint density at radius 2 is 2.00 bits per heavy atom. The summed E-state index contributed by atoms with van der Waals surface area (Å²) in [4.78, 5) is 35.6. The van der Waals surface area contributed by atoms with Gasteiger partial charge in [-0.05, 0) is 26.0 Å². The van der Waals surface area contributed by atoms with Gasteiger partial charge in [-0.3, -0.25) is 9.69 Å². The summed E-state index contributed by atoms with van der Waals surface area (Å²) in [5, 5.41) is 4.07. The van der Waals surface area contributed by atoms with Gasteiger partial charge in [-0.2, -0.15) is 4.98 Å². The van der Waals surface area contributed by atoms with Gasteiger partial charge in [0.15, 0.2) is 0 Å². The number of likely N-dealkylation sites (N-methyl/N-ethyl adjacent to an activating group) is 1. The maximum atomic E-state index is 11.9. The molecule has 35 heavy (non-hydrogen) atoms. The average molecular weight is 487 g/mol. The van der Waals surface area contributed by atoms with Crippen molar-refractivity contribution in [2.75, 3.05) is 29.9 Å². The Kier molecular flexibility index (Phi) is 5.34. The van der Waals surface area contributed by atoms with E-state index in [1.807, 2.05) is 31.2 Å². The van der Waals surface area contributed by atoms with Crippen LogP contribution in [0, 0.1) is 6.92 Å². The normalized spacial score (nSPS) is 19.5. The van der Waals surface area contributed by atoms with Crippen molar-refractivity contribution in [3.05, 3.63) is 53.9 Å². The van der Waals surface area contributed by atoms with Crippen LogP contribution >= 0.6 is 11.3 Å². The van der Waals surface area contributed by atoms with Crippen molar-refractivity contribution < 1.29 is 4.79 Å². The van der Waals surface area contributed by atoms with E-state index in [4.69, 9.17) is 20.7 Å². The topological polar surface area (TPSA) is 113 Å². The summed E-state index contributed by atoms with van der Waals surface area (Å²) in [6, 6.07) is 12.1. The second kappa shape index (κ2) is 8.54. The molecule has 1 amide bonds. The van der Waals surface area contributed by atoms with E-state index < -0.39 is 5.91 Å². The number of hydrogen-bond donors (Lipinski definition) is 2. The number of hydrogen-bond acceptors (Lipinski definition) is 9. The smallest absolute Gasteiger partial charge is 0.249 e. The molecule has 2 fully saturated rings. The standard InChI is InChI=1S/C25H26N8OS/c1-3-32-12-16-9-15(32)13-33(16)25-28-14(2)8-22(31-25)30-21-10-19-20(11-27-21)35-24(29-19)18-7-5-4-6-17(18)23(26)34/h4-8,10-11,15-16H,3,9,12-13H2,1-2H3,(H2,26,34)(H,27,28,30,31)/t15-,16-/m0/s1. The summed E-state index contributed by atoms with van der Waals surface area (Å²) < 4.78 is 0.929. The number of aromatic nitrogens is 4. The van der Waals surface area contributed by atoms with Crippen molar-refractivity contribution in [2.45, 2.75) is 32.4 Å². The molecule has 3 aromatic heterocycles. The van der Waals surface area contributed by atoms with Crippen LogP contribution in [0.5, 0.6) is 0 Å². The van der Waals surface area contributed by atoms with Crippen molar-refractivity contribution in [3.63, 3.8) is 0 Å². The fraction of sp³-hybridized carbons (Fsp3) is 0.320. The van der Waals surface area contributed by atoms with Crippen molar-refractivity contribution >= 4 is 45.0 Å². The highest BCUT2D eigenvalue weighted by Gasteiger charge is 2.43. The van der Waals surface area contributed by atoms with Gasteiger partial charge in [0.05, 0.1) is 10.2 Å². The van der Waals surface area contributed by atoms with Crippen LogP contribution in [0.15, 0.2) is 42.6 Å². The molecule has 4 aromatic rings. The lowest BCUT2D eigenvalue weighted by Gasteiger charge is -2.33. The molecule has 0 unspecified atom stereocenters. The van der Waals surface area contributed by atoms with Crippen LogP contribution in [0.3, 0.4) is 0 Å². The van der Waals surface area contributed by atoms with E-state index >= 15 is 0 Å². The second-order valence-corrected chi connectivity index (χ2v) is 10.1. The number of nitrogens with zero attached hydrogens (tertiary/aromatic N) is 6. The van der Waals surface area contributed by atoms with Crippen molar-refractivity contribution in [1.29, 1.82) is 0 Å². The van der Waals surface area contributed by atoms with Crippen molar-refractivity contribution in [3.8, 4) is 10.6 Å². The number of nitrogens with one attached hydrogen (secondary N) is 1. The first-order valence-electron chi connectivity index (χ1n) is 11.8. The van der Waals surface area contributed by atoms with Gasteiger partial charge in [0.25, 0.3) is 0 Å². The number of carbonyl (C=O) groups excluding carboxylic acids is 1. The Balaban J connectivity index is 1.27. The van der Waals surface area contributed by atoms with Gasteiger partial charge in [-0.25, -0.2) is 15.0 Å². The lowest BCUT2D eigenvalue weighted by atomic mass is 10.1. The molecule has 2 atom stereocenters. The summed E-state index contributed by atoms with van der Waals surface area (Å²) in [6.45, 7) is 7.35. The third-order valence-corrected chi connectivity index (χ3v) is 7.85. The molecule has 6 rings (SSSR count). The van der Waals surface area contributed by atoms with Gasteiger partial charge in [-0.1, -0.05) is 25.1 Å². The Hall–Kier alpha value is -3.63. The number of anilines is 3. The number of piperazine rings is 1. The molecule has 0 aliphatic carbocycles. The number of rotatable bonds is 6. The van der Waals surface area contributed by atoms with E-state index in [0.29, 0.717) is 29.3 Å². The SMILES string of the molecule is CCN1C[C@@H]2C[C@H]1CN2c1nc(C)cc(Nc2cc3nc(-c4ccccc4C(N)=O)sc3cn2)n1. The van der Waals surface area contributed by atoms with E-state index in [9.17, 15) is 4.79 Å². The van der Waals surface area contributed by atoms with Crippen LogP contribution < -0.4 is 16.0 Å². The molecule has 1 aromatic carbocycles. The molecule has 0 spiro atoms. The Morgan fingerprint density at radius 3 is 2.77 bits per heavy atom. The molecular weight excluding hydrogens is 460 g/mol. The minimum absolute atomic E-state index is 0.458. The number of thiazole rings is 1. The number of carbonyl (C=O) groups is 1. The van der Waals surface area contributed by atoms with Crippen LogP contribution in [0.4, 0.5) is 17.6 Å². The lowest BCUT2D eigenvalue weighted by molar-refractivity contribution is 0.100. The molecule has 5 heterocycles. The quantitative estimate of drug-likeness (QED) is 0.425. The molecule has 178 valence electrons. The number of benzene rings is 1. The summed E-state index contributed by atoms with van der Waals surface area (Å²) in [5.41, 5.74) is 8.45. The largest absolute Gasteiger partial charge is 0.366 e. The minimum Gasteiger partial charge on any atom is -0.366 e. The Bertz CT molecular complexity index is 1440. The summed E-state index contributed by atoms with van der Waals surface area (Å²) in [6.07, 6.45) is 2.97. The molecular formula is C25H26N8OS. The first-order chi connectivity index (χ1) is 17.0. The molecule has 2 saturated heterocycles. The maximum Gasteiger partial charge on any atom is 0.249 e. The van der Waals surface area contributed by atoms with Gasteiger partial charge in [0.1, 0.15) is 16.6 Å².